The van der Waals surface area contributed by atoms with Crippen LogP contribution in [-0.4, -0.2) is 88.2 Å². The number of anilines is 1. The number of amides is 1. The minimum Gasteiger partial charge on any atom is -0.511 e. The number of primary amides is 1. The Balaban J connectivity index is 1.93. The number of hydrogen-bond acceptors (Lipinski definition) is 10. The van der Waals surface area contributed by atoms with E-state index in [0.717, 1.165) is 5.69 Å². The Labute approximate surface area is 221 Å². The Morgan fingerprint density at radius 1 is 1.16 bits per heavy atom. The fourth-order valence-electron chi connectivity index (χ4n) is 6.51. The number of hydrogen-bond donors (Lipinski definition) is 7. The van der Waals surface area contributed by atoms with Crippen LogP contribution in [0.25, 0.3) is 0 Å². The molecule has 1 aromatic rings. The van der Waals surface area contributed by atoms with Crippen molar-refractivity contribution in [3.05, 3.63) is 45.4 Å². The molecule has 8 N–H and O–H groups in total. The van der Waals surface area contributed by atoms with Crippen molar-refractivity contribution in [2.24, 2.45) is 23.5 Å². The second kappa shape index (κ2) is 9.57. The van der Waals surface area contributed by atoms with Crippen molar-refractivity contribution in [3.8, 4) is 5.75 Å². The number of aliphatic hydroxyl groups is 4. The van der Waals surface area contributed by atoms with Gasteiger partial charge in [0.25, 0.3) is 5.91 Å². The molecule has 3 unspecified atom stereocenters. The number of phenols is 1. The number of rotatable bonds is 6. The average molecular weight is 531 g/mol. The fourth-order valence-corrected chi connectivity index (χ4v) is 6.51. The van der Waals surface area contributed by atoms with Gasteiger partial charge < -0.3 is 41.5 Å². The van der Waals surface area contributed by atoms with Gasteiger partial charge in [-0.3, -0.25) is 14.5 Å². The third-order valence-corrected chi connectivity index (χ3v) is 8.08. The number of ketones is 1. The summed E-state index contributed by atoms with van der Waals surface area (Å²) in [5.74, 6) is -8.93. The van der Waals surface area contributed by atoms with E-state index in [1.165, 1.54) is 0 Å². The Bertz CT molecular complexity index is 1250. The molecule has 1 aromatic carbocycles. The zero-order valence-electron chi connectivity index (χ0n) is 22.6. The molecule has 0 bridgehead atoms. The van der Waals surface area contributed by atoms with Gasteiger partial charge in [0.15, 0.2) is 5.78 Å². The molecular weight excluding hydrogens is 492 g/mol. The number of allylic oxidation sites excluding steroid dienone is 1. The molecule has 0 saturated carbocycles. The molecule has 0 fully saturated rings. The van der Waals surface area contributed by atoms with Crippen LogP contribution in [0.4, 0.5) is 5.69 Å². The van der Waals surface area contributed by atoms with E-state index in [9.17, 15) is 35.1 Å². The molecule has 11 nitrogen and oxygen atoms in total. The smallest absolute Gasteiger partial charge is 0.253 e. The minimum atomic E-state index is -3.00. The van der Waals surface area contributed by atoms with Crippen molar-refractivity contribution < 1.29 is 35.1 Å². The predicted octanol–water partition coefficient (Wildman–Crippen LogP) is 0.682. The Morgan fingerprint density at radius 3 is 2.32 bits per heavy atom. The molecule has 0 aliphatic heterocycles. The van der Waals surface area contributed by atoms with Crippen molar-refractivity contribution in [3.63, 3.8) is 0 Å². The molecule has 0 heterocycles. The number of carbonyl (C=O) groups is 2. The standard InChI is InChI=1S/C27H38N4O7/c1-11(2)29-10-13-9-16(30(3)4)14-7-12-8-15-19(24(34)17(12)23(33)18(14)22(13)32)27(37,38)20(26(28)36)25(35)21(15)31(5)6/h9,11-12,15,19,21,29,32,34-35,37-38H,7-8,10H2,1-6H3,(H2,28,36)/t12?,15?,19?,21-/m1/s1. The lowest BCUT2D eigenvalue weighted by molar-refractivity contribution is -0.200. The molecule has 4 atom stereocenters. The predicted molar refractivity (Wildman–Crippen MR) is 141 cm³/mol. The zero-order chi connectivity index (χ0) is 28.4. The van der Waals surface area contributed by atoms with Crippen LogP contribution in [0, 0.1) is 17.8 Å². The number of benzene rings is 1. The number of aromatic hydroxyl groups is 1. The summed E-state index contributed by atoms with van der Waals surface area (Å²) in [5.41, 5.74) is 6.57. The third kappa shape index (κ3) is 4.14. The maximum absolute atomic E-state index is 14.0. The first kappa shape index (κ1) is 27.9. The molecular formula is C27H38N4O7. The number of nitrogens with zero attached hydrogens (tertiary/aromatic N) is 2. The van der Waals surface area contributed by atoms with Gasteiger partial charge in [-0.15, -0.1) is 0 Å². The Morgan fingerprint density at radius 2 is 1.79 bits per heavy atom. The van der Waals surface area contributed by atoms with E-state index >= 15 is 0 Å². The number of aliphatic hydroxyl groups excluding tert-OH is 2. The quantitative estimate of drug-likeness (QED) is 0.259. The lowest BCUT2D eigenvalue weighted by atomic mass is 9.59. The van der Waals surface area contributed by atoms with Crippen molar-refractivity contribution >= 4 is 17.4 Å². The number of phenolic OH excluding ortho intramolecular Hbond substituents is 1. The number of nitrogens with two attached hydrogens (primary N) is 1. The van der Waals surface area contributed by atoms with Crippen LogP contribution in [-0.2, 0) is 17.8 Å². The second-order valence-electron chi connectivity index (χ2n) is 11.4. The van der Waals surface area contributed by atoms with Crippen LogP contribution in [0.3, 0.4) is 0 Å². The van der Waals surface area contributed by atoms with E-state index in [1.54, 1.807) is 19.0 Å². The SMILES string of the molecule is CC(C)NCc1cc(N(C)C)c2c(c1O)C(=O)C1=C(O)C3C(CC1C2)[C@@H](N(C)C)C(O)=C(C(N)=O)C3(O)O. The summed E-state index contributed by atoms with van der Waals surface area (Å²) in [7, 11) is 7.01. The van der Waals surface area contributed by atoms with E-state index in [1.807, 2.05) is 38.9 Å². The molecule has 0 radical (unpaired) electrons. The number of fused-ring (bicyclic) bond motifs is 3. The molecule has 38 heavy (non-hydrogen) atoms. The summed E-state index contributed by atoms with van der Waals surface area (Å²) < 4.78 is 0. The average Bonchev–Trinajstić information content (AvgIpc) is 2.76. The first-order valence-corrected chi connectivity index (χ1v) is 12.7. The summed E-state index contributed by atoms with van der Waals surface area (Å²) in [6, 6.07) is 1.12. The first-order valence-electron chi connectivity index (χ1n) is 12.7. The van der Waals surface area contributed by atoms with Gasteiger partial charge in [0.1, 0.15) is 22.8 Å². The van der Waals surface area contributed by atoms with Crippen molar-refractivity contribution in [2.75, 3.05) is 33.1 Å². The van der Waals surface area contributed by atoms with Gasteiger partial charge in [0.2, 0.25) is 5.79 Å². The number of carbonyl (C=O) groups excluding carboxylic acids is 2. The van der Waals surface area contributed by atoms with Gasteiger partial charge in [0.05, 0.1) is 17.5 Å². The highest BCUT2D eigenvalue weighted by Crippen LogP contribution is 2.54. The van der Waals surface area contributed by atoms with Gasteiger partial charge in [-0.05, 0) is 50.4 Å². The molecule has 4 rings (SSSR count). The van der Waals surface area contributed by atoms with E-state index in [4.69, 9.17) is 5.73 Å². The highest BCUT2D eigenvalue weighted by molar-refractivity contribution is 6.14. The number of nitrogens with one attached hydrogen (secondary N) is 1. The van der Waals surface area contributed by atoms with Gasteiger partial charge in [-0.2, -0.15) is 0 Å². The van der Waals surface area contributed by atoms with E-state index in [0.29, 0.717) is 24.1 Å². The molecule has 11 heteroatoms. The highest BCUT2D eigenvalue weighted by atomic mass is 16.5. The Kier molecular flexibility index (Phi) is 7.02. The molecule has 0 spiro atoms. The zero-order valence-corrected chi connectivity index (χ0v) is 22.6. The molecule has 208 valence electrons. The molecule has 3 aliphatic rings. The summed E-state index contributed by atoms with van der Waals surface area (Å²) in [6.45, 7) is 4.25. The largest absolute Gasteiger partial charge is 0.511 e. The normalized spacial score (nSPS) is 26.4. The maximum atomic E-state index is 14.0. The highest BCUT2D eigenvalue weighted by Gasteiger charge is 2.60. The Hall–Kier alpha value is -3.12. The van der Waals surface area contributed by atoms with Crippen LogP contribution in [0.15, 0.2) is 28.7 Å². The van der Waals surface area contributed by atoms with Gasteiger partial charge in [-0.1, -0.05) is 13.8 Å². The molecule has 0 saturated heterocycles. The second-order valence-corrected chi connectivity index (χ2v) is 11.4. The van der Waals surface area contributed by atoms with Gasteiger partial charge in [-0.25, -0.2) is 0 Å². The van der Waals surface area contributed by atoms with E-state index in [2.05, 4.69) is 5.32 Å². The first-order chi connectivity index (χ1) is 17.6. The van der Waals surface area contributed by atoms with Crippen molar-refractivity contribution in [1.82, 2.24) is 10.2 Å². The molecule has 3 aliphatic carbocycles. The van der Waals surface area contributed by atoms with Crippen LogP contribution < -0.4 is 16.0 Å². The van der Waals surface area contributed by atoms with E-state index in [-0.39, 0.29) is 29.3 Å². The summed E-state index contributed by atoms with van der Waals surface area (Å²) >= 11 is 0. The van der Waals surface area contributed by atoms with Gasteiger partial charge >= 0.3 is 0 Å². The number of Topliss-reactive ketones (excluding diaryl/α,β-unsaturated/α-hetero) is 1. The topological polar surface area (TPSA) is 180 Å². The fraction of sp³-hybridized carbons (Fsp3) is 0.556. The van der Waals surface area contributed by atoms with Crippen LogP contribution in [0.5, 0.6) is 5.75 Å². The van der Waals surface area contributed by atoms with Crippen molar-refractivity contribution in [2.45, 2.75) is 51.1 Å². The third-order valence-electron chi connectivity index (χ3n) is 8.08. The van der Waals surface area contributed by atoms with Gasteiger partial charge in [0, 0.05) is 43.5 Å². The van der Waals surface area contributed by atoms with E-state index < -0.39 is 58.4 Å². The van der Waals surface area contributed by atoms with Crippen LogP contribution in [0.2, 0.25) is 0 Å². The van der Waals surface area contributed by atoms with Crippen molar-refractivity contribution in [1.29, 1.82) is 0 Å². The molecule has 0 aromatic heterocycles. The number of likely N-dealkylation sites (N-methyl/N-ethyl adjacent to an activating group) is 1. The lowest BCUT2D eigenvalue weighted by Crippen LogP contribution is -2.60. The summed E-state index contributed by atoms with van der Waals surface area (Å²) in [6.07, 6.45) is 0.515. The maximum Gasteiger partial charge on any atom is 0.253 e. The summed E-state index contributed by atoms with van der Waals surface area (Å²) in [5, 5.41) is 59.1. The van der Waals surface area contributed by atoms with Crippen LogP contribution in [0.1, 0.15) is 41.8 Å². The minimum absolute atomic E-state index is 0.0251. The lowest BCUT2D eigenvalue weighted by Gasteiger charge is -2.51. The summed E-state index contributed by atoms with van der Waals surface area (Å²) in [4.78, 5) is 29.7. The molecule has 1 amide bonds. The monoisotopic (exact) mass is 530 g/mol. The van der Waals surface area contributed by atoms with Crippen LogP contribution >= 0.6 is 0 Å².